The standard InChI is InChI=1S/C10H9BrClNO/c11-9-3-1-7(2-4-9)10(14)8-5-13(12)6-8/h1-4,8H,5-6H2. The van der Waals surface area contributed by atoms with E-state index in [-0.39, 0.29) is 11.7 Å². The van der Waals surface area contributed by atoms with Crippen LogP contribution in [0.1, 0.15) is 10.4 Å². The smallest absolute Gasteiger partial charge is 0.168 e. The molecule has 0 atom stereocenters. The van der Waals surface area contributed by atoms with Gasteiger partial charge in [0.2, 0.25) is 0 Å². The van der Waals surface area contributed by atoms with E-state index in [1.54, 1.807) is 4.42 Å². The second-order valence-electron chi connectivity index (χ2n) is 3.40. The molecular weight excluding hydrogens is 265 g/mol. The summed E-state index contributed by atoms with van der Waals surface area (Å²) >= 11 is 9.01. The molecule has 74 valence electrons. The Morgan fingerprint density at radius 2 is 1.93 bits per heavy atom. The molecule has 1 aliphatic heterocycles. The summed E-state index contributed by atoms with van der Waals surface area (Å²) < 4.78 is 2.61. The normalized spacial score (nSPS) is 17.9. The van der Waals surface area contributed by atoms with E-state index in [0.29, 0.717) is 13.1 Å². The molecular formula is C10H9BrClNO. The first kappa shape index (κ1) is 10.1. The van der Waals surface area contributed by atoms with Crippen LogP contribution in [0.3, 0.4) is 0 Å². The number of carbonyl (C=O) groups is 1. The number of ketones is 1. The summed E-state index contributed by atoms with van der Waals surface area (Å²) in [7, 11) is 0. The highest BCUT2D eigenvalue weighted by atomic mass is 79.9. The van der Waals surface area contributed by atoms with Crippen LogP contribution >= 0.6 is 27.7 Å². The van der Waals surface area contributed by atoms with E-state index in [1.807, 2.05) is 24.3 Å². The molecule has 0 unspecified atom stereocenters. The van der Waals surface area contributed by atoms with Gasteiger partial charge in [0.15, 0.2) is 5.78 Å². The van der Waals surface area contributed by atoms with Crippen LogP contribution in [0.5, 0.6) is 0 Å². The zero-order chi connectivity index (χ0) is 10.1. The van der Waals surface area contributed by atoms with Crippen molar-refractivity contribution in [2.24, 2.45) is 5.92 Å². The topological polar surface area (TPSA) is 20.3 Å². The van der Waals surface area contributed by atoms with Gasteiger partial charge in [-0.15, -0.1) is 0 Å². The predicted octanol–water partition coefficient (Wildman–Crippen LogP) is 2.72. The van der Waals surface area contributed by atoms with Crippen molar-refractivity contribution in [3.8, 4) is 0 Å². The lowest BCUT2D eigenvalue weighted by atomic mass is 9.93. The van der Waals surface area contributed by atoms with Crippen LogP contribution in [0, 0.1) is 5.92 Å². The van der Waals surface area contributed by atoms with E-state index >= 15 is 0 Å². The van der Waals surface area contributed by atoms with Crippen molar-refractivity contribution >= 4 is 33.5 Å². The third kappa shape index (κ3) is 2.00. The first-order valence-corrected chi connectivity index (χ1v) is 5.50. The lowest BCUT2D eigenvalue weighted by molar-refractivity contribution is 0.0801. The van der Waals surface area contributed by atoms with Crippen molar-refractivity contribution in [1.82, 2.24) is 4.42 Å². The lowest BCUT2D eigenvalue weighted by Crippen LogP contribution is -2.44. The van der Waals surface area contributed by atoms with Gasteiger partial charge in [0, 0.05) is 23.1 Å². The number of halogens is 2. The Labute approximate surface area is 96.1 Å². The highest BCUT2D eigenvalue weighted by Crippen LogP contribution is 2.22. The van der Waals surface area contributed by atoms with Crippen LogP contribution < -0.4 is 0 Å². The van der Waals surface area contributed by atoms with Crippen LogP contribution in [0.25, 0.3) is 0 Å². The highest BCUT2D eigenvalue weighted by molar-refractivity contribution is 9.10. The molecule has 0 N–H and O–H groups in total. The van der Waals surface area contributed by atoms with Crippen molar-refractivity contribution in [3.63, 3.8) is 0 Å². The van der Waals surface area contributed by atoms with Gasteiger partial charge >= 0.3 is 0 Å². The summed E-state index contributed by atoms with van der Waals surface area (Å²) in [5.41, 5.74) is 0.767. The van der Waals surface area contributed by atoms with E-state index in [4.69, 9.17) is 11.8 Å². The summed E-state index contributed by atoms with van der Waals surface area (Å²) in [5.74, 6) is 0.267. The Hall–Kier alpha value is -0.380. The molecule has 2 nitrogen and oxygen atoms in total. The van der Waals surface area contributed by atoms with E-state index in [9.17, 15) is 4.79 Å². The molecule has 14 heavy (non-hydrogen) atoms. The van der Waals surface area contributed by atoms with E-state index in [1.165, 1.54) is 0 Å². The Balaban J connectivity index is 2.08. The van der Waals surface area contributed by atoms with Gasteiger partial charge in [0.25, 0.3) is 0 Å². The Kier molecular flexibility index (Phi) is 2.91. The van der Waals surface area contributed by atoms with Crippen molar-refractivity contribution in [1.29, 1.82) is 0 Å². The van der Waals surface area contributed by atoms with Crippen LogP contribution in [-0.4, -0.2) is 23.3 Å². The van der Waals surface area contributed by atoms with Crippen molar-refractivity contribution < 1.29 is 4.79 Å². The maximum Gasteiger partial charge on any atom is 0.168 e. The molecule has 0 saturated carbocycles. The molecule has 2 rings (SSSR count). The molecule has 0 spiro atoms. The number of Topliss-reactive ketones (excluding diaryl/α,β-unsaturated/α-hetero) is 1. The molecule has 4 heteroatoms. The van der Waals surface area contributed by atoms with Gasteiger partial charge in [-0.05, 0) is 23.9 Å². The van der Waals surface area contributed by atoms with Gasteiger partial charge in [-0.1, -0.05) is 28.1 Å². The first-order valence-electron chi connectivity index (χ1n) is 4.37. The number of hydrogen-bond acceptors (Lipinski definition) is 2. The third-order valence-corrected chi connectivity index (χ3v) is 3.14. The molecule has 1 aromatic rings. The van der Waals surface area contributed by atoms with Gasteiger partial charge in [-0.2, -0.15) is 0 Å². The summed E-state index contributed by atoms with van der Waals surface area (Å²) in [6.45, 7) is 1.33. The summed E-state index contributed by atoms with van der Waals surface area (Å²) in [4.78, 5) is 11.8. The second kappa shape index (κ2) is 4.01. The van der Waals surface area contributed by atoms with Crippen LogP contribution in [0.4, 0.5) is 0 Å². The van der Waals surface area contributed by atoms with E-state index < -0.39 is 0 Å². The fourth-order valence-corrected chi connectivity index (χ4v) is 2.04. The fourth-order valence-electron chi connectivity index (χ4n) is 1.44. The highest BCUT2D eigenvalue weighted by Gasteiger charge is 2.31. The summed E-state index contributed by atoms with van der Waals surface area (Å²) in [5, 5.41) is 0. The monoisotopic (exact) mass is 273 g/mol. The zero-order valence-electron chi connectivity index (χ0n) is 7.41. The average Bonchev–Trinajstić information content (AvgIpc) is 2.13. The quantitative estimate of drug-likeness (QED) is 0.610. The van der Waals surface area contributed by atoms with Gasteiger partial charge in [-0.3, -0.25) is 4.79 Å². The largest absolute Gasteiger partial charge is 0.294 e. The minimum atomic E-state index is 0.0775. The lowest BCUT2D eigenvalue weighted by Gasteiger charge is -2.32. The van der Waals surface area contributed by atoms with Crippen LogP contribution in [-0.2, 0) is 0 Å². The number of nitrogens with zero attached hydrogens (tertiary/aromatic N) is 1. The van der Waals surface area contributed by atoms with Gasteiger partial charge in [-0.25, -0.2) is 4.42 Å². The van der Waals surface area contributed by atoms with E-state index in [2.05, 4.69) is 15.9 Å². The fraction of sp³-hybridized carbons (Fsp3) is 0.300. The maximum absolute atomic E-state index is 11.8. The minimum absolute atomic E-state index is 0.0775. The molecule has 1 aliphatic rings. The summed E-state index contributed by atoms with van der Waals surface area (Å²) in [6, 6.07) is 7.43. The SMILES string of the molecule is O=C(c1ccc(Br)cc1)C1CN(Cl)C1. The van der Waals surface area contributed by atoms with Gasteiger partial charge in [0.1, 0.15) is 0 Å². The summed E-state index contributed by atoms with van der Waals surface area (Å²) in [6.07, 6.45) is 0. The van der Waals surface area contributed by atoms with Crippen LogP contribution in [0.15, 0.2) is 28.7 Å². The van der Waals surface area contributed by atoms with Crippen LogP contribution in [0.2, 0.25) is 0 Å². The molecule has 0 aliphatic carbocycles. The average molecular weight is 275 g/mol. The molecule has 0 aromatic heterocycles. The first-order chi connectivity index (χ1) is 6.66. The Bertz CT molecular complexity index is 346. The zero-order valence-corrected chi connectivity index (χ0v) is 9.75. The molecule has 0 amide bonds. The number of benzene rings is 1. The number of hydrogen-bond donors (Lipinski definition) is 0. The molecule has 0 radical (unpaired) electrons. The Morgan fingerprint density at radius 1 is 1.36 bits per heavy atom. The molecule has 1 saturated heterocycles. The molecule has 1 heterocycles. The third-order valence-electron chi connectivity index (χ3n) is 2.34. The number of carbonyl (C=O) groups excluding carboxylic acids is 1. The number of rotatable bonds is 2. The van der Waals surface area contributed by atoms with E-state index in [0.717, 1.165) is 10.0 Å². The van der Waals surface area contributed by atoms with Crippen molar-refractivity contribution in [3.05, 3.63) is 34.3 Å². The second-order valence-corrected chi connectivity index (χ2v) is 4.79. The predicted molar refractivity (Wildman–Crippen MR) is 59.4 cm³/mol. The maximum atomic E-state index is 11.8. The van der Waals surface area contributed by atoms with Gasteiger partial charge in [0.05, 0.1) is 5.92 Å². The molecule has 1 aromatic carbocycles. The molecule has 1 fully saturated rings. The van der Waals surface area contributed by atoms with Crippen molar-refractivity contribution in [2.45, 2.75) is 0 Å². The van der Waals surface area contributed by atoms with Gasteiger partial charge < -0.3 is 0 Å². The van der Waals surface area contributed by atoms with Crippen molar-refractivity contribution in [2.75, 3.05) is 13.1 Å². The Morgan fingerprint density at radius 3 is 2.43 bits per heavy atom. The minimum Gasteiger partial charge on any atom is -0.294 e. The molecule has 0 bridgehead atoms.